The minimum Gasteiger partial charge on any atom is -0.303 e. The van der Waals surface area contributed by atoms with Gasteiger partial charge in [-0.15, -0.1) is 0 Å². The van der Waals surface area contributed by atoms with E-state index in [1.54, 1.807) is 24.4 Å². The molecule has 2 heterocycles. The highest BCUT2D eigenvalue weighted by Crippen LogP contribution is 2.55. The average Bonchev–Trinajstić information content (AvgIpc) is 2.94. The molecule has 1 saturated heterocycles. The summed E-state index contributed by atoms with van der Waals surface area (Å²) in [5.74, 6) is -0.285. The molecule has 1 aliphatic rings. The highest BCUT2D eigenvalue weighted by Gasteiger charge is 2.52. The minimum absolute atomic E-state index is 0.0591. The molecule has 4 atom stereocenters. The van der Waals surface area contributed by atoms with Crippen LogP contribution < -0.4 is 5.32 Å². The molecule has 1 aliphatic heterocycles. The lowest BCUT2D eigenvalue weighted by atomic mass is 9.57. The standard InChI is InChI=1S/C32H27BrCl2N2O2/c1-20-25(8-5-16-36-20)31(39)28-19-32(15-17-38,22-6-3-2-4-7-22)29(21-9-11-23(33)12-10-21)30(37-28)26-14-13-24(34)18-27(26)35/h2-14,16-18,28-30,37H,15,19H2,1H3. The lowest BCUT2D eigenvalue weighted by molar-refractivity contribution is -0.109. The van der Waals surface area contributed by atoms with E-state index in [2.05, 4.69) is 50.5 Å². The molecule has 4 aromatic rings. The van der Waals surface area contributed by atoms with E-state index < -0.39 is 17.5 Å². The van der Waals surface area contributed by atoms with E-state index in [9.17, 15) is 9.59 Å². The molecule has 1 fully saturated rings. The van der Waals surface area contributed by atoms with E-state index in [0.29, 0.717) is 27.7 Å². The number of aldehydes is 1. The number of nitrogens with one attached hydrogen (secondary N) is 1. The molecule has 1 N–H and O–H groups in total. The van der Waals surface area contributed by atoms with Crippen molar-refractivity contribution in [3.8, 4) is 0 Å². The first-order chi connectivity index (χ1) is 18.8. The number of carbonyl (C=O) groups is 2. The molecule has 0 aliphatic carbocycles. The van der Waals surface area contributed by atoms with Gasteiger partial charge >= 0.3 is 0 Å². The summed E-state index contributed by atoms with van der Waals surface area (Å²) in [4.78, 5) is 30.9. The van der Waals surface area contributed by atoms with Gasteiger partial charge in [0.2, 0.25) is 0 Å². The van der Waals surface area contributed by atoms with Crippen LogP contribution in [0.5, 0.6) is 0 Å². The molecule has 198 valence electrons. The molecule has 7 heteroatoms. The molecule has 5 rings (SSSR count). The predicted molar refractivity (Wildman–Crippen MR) is 160 cm³/mol. The summed E-state index contributed by atoms with van der Waals surface area (Å²) < 4.78 is 0.955. The zero-order valence-corrected chi connectivity index (χ0v) is 24.4. The second-order valence-electron chi connectivity index (χ2n) is 9.99. The van der Waals surface area contributed by atoms with Gasteiger partial charge in [-0.25, -0.2) is 0 Å². The Morgan fingerprint density at radius 2 is 1.79 bits per heavy atom. The molecule has 0 spiro atoms. The van der Waals surface area contributed by atoms with Crippen molar-refractivity contribution < 1.29 is 9.59 Å². The first-order valence-corrected chi connectivity index (χ1v) is 14.3. The van der Waals surface area contributed by atoms with Gasteiger partial charge in [0.15, 0.2) is 5.78 Å². The van der Waals surface area contributed by atoms with Gasteiger partial charge in [0.05, 0.1) is 6.04 Å². The Balaban J connectivity index is 1.77. The topological polar surface area (TPSA) is 59.1 Å². The predicted octanol–water partition coefficient (Wildman–Crippen LogP) is 8.06. The average molecular weight is 622 g/mol. The number of Topliss-reactive ketones (excluding diaryl/α,β-unsaturated/α-hetero) is 1. The van der Waals surface area contributed by atoms with Gasteiger partial charge in [-0.2, -0.15) is 0 Å². The molecule has 39 heavy (non-hydrogen) atoms. The quantitative estimate of drug-likeness (QED) is 0.167. The zero-order chi connectivity index (χ0) is 27.6. The molecule has 1 aromatic heterocycles. The zero-order valence-electron chi connectivity index (χ0n) is 21.3. The van der Waals surface area contributed by atoms with Crippen LogP contribution in [0.15, 0.2) is 95.6 Å². The number of benzene rings is 3. The van der Waals surface area contributed by atoms with Crippen LogP contribution in [0.4, 0.5) is 0 Å². The van der Waals surface area contributed by atoms with E-state index in [-0.39, 0.29) is 18.1 Å². The van der Waals surface area contributed by atoms with Crippen molar-refractivity contribution >= 4 is 51.2 Å². The molecule has 4 nitrogen and oxygen atoms in total. The van der Waals surface area contributed by atoms with E-state index in [1.165, 1.54) is 0 Å². The molecule has 0 bridgehead atoms. The van der Waals surface area contributed by atoms with E-state index in [0.717, 1.165) is 27.4 Å². The van der Waals surface area contributed by atoms with Gasteiger partial charge in [0.25, 0.3) is 0 Å². The van der Waals surface area contributed by atoms with E-state index >= 15 is 0 Å². The van der Waals surface area contributed by atoms with Gasteiger partial charge in [-0.05, 0) is 66.4 Å². The second-order valence-corrected chi connectivity index (χ2v) is 11.7. The second kappa shape index (κ2) is 11.7. The van der Waals surface area contributed by atoms with Crippen molar-refractivity contribution in [1.82, 2.24) is 10.3 Å². The number of nitrogens with zero attached hydrogens (tertiary/aromatic N) is 1. The monoisotopic (exact) mass is 620 g/mol. The maximum absolute atomic E-state index is 14.1. The molecule has 4 unspecified atom stereocenters. The number of rotatable bonds is 7. The molecule has 0 saturated carbocycles. The number of hydrogen-bond donors (Lipinski definition) is 1. The van der Waals surface area contributed by atoms with Crippen molar-refractivity contribution in [2.24, 2.45) is 0 Å². The van der Waals surface area contributed by atoms with Crippen LogP contribution >= 0.6 is 39.1 Å². The minimum atomic E-state index is -0.702. The third-order valence-corrected chi connectivity index (χ3v) is 8.88. The third-order valence-electron chi connectivity index (χ3n) is 7.79. The number of halogens is 3. The SMILES string of the molecule is Cc1ncccc1C(=O)C1CC(CC=O)(c2ccccc2)C(c2ccc(Br)cc2)C(c2ccc(Cl)cc2Cl)N1. The van der Waals surface area contributed by atoms with Crippen LogP contribution in [-0.2, 0) is 10.2 Å². The molecular weight excluding hydrogens is 595 g/mol. The summed E-state index contributed by atoms with van der Waals surface area (Å²) in [7, 11) is 0. The number of ketones is 1. The molecule has 0 amide bonds. The molecular formula is C32H27BrCl2N2O2. The van der Waals surface area contributed by atoms with Crippen molar-refractivity contribution in [3.05, 3.63) is 134 Å². The number of pyridine rings is 1. The Morgan fingerprint density at radius 3 is 2.46 bits per heavy atom. The summed E-state index contributed by atoms with van der Waals surface area (Å²) in [5, 5.41) is 4.70. The first kappa shape index (κ1) is 27.7. The Bertz CT molecular complexity index is 1500. The fourth-order valence-corrected chi connectivity index (χ4v) is 6.82. The van der Waals surface area contributed by atoms with Crippen LogP contribution in [0.3, 0.4) is 0 Å². The van der Waals surface area contributed by atoms with Crippen LogP contribution in [0.1, 0.15) is 57.5 Å². The van der Waals surface area contributed by atoms with Crippen molar-refractivity contribution in [3.63, 3.8) is 0 Å². The lowest BCUT2D eigenvalue weighted by Gasteiger charge is -2.51. The van der Waals surface area contributed by atoms with E-state index in [1.807, 2.05) is 49.4 Å². The van der Waals surface area contributed by atoms with Gasteiger partial charge in [-0.3, -0.25) is 15.1 Å². The maximum Gasteiger partial charge on any atom is 0.181 e. The van der Waals surface area contributed by atoms with Crippen LogP contribution in [-0.4, -0.2) is 23.1 Å². The third kappa shape index (κ3) is 5.46. The first-order valence-electron chi connectivity index (χ1n) is 12.8. The largest absolute Gasteiger partial charge is 0.303 e. The summed E-state index contributed by atoms with van der Waals surface area (Å²) in [5.41, 5.74) is 3.39. The molecule has 3 aromatic carbocycles. The summed E-state index contributed by atoms with van der Waals surface area (Å²) in [6.45, 7) is 1.84. The summed E-state index contributed by atoms with van der Waals surface area (Å²) in [6.07, 6.45) is 3.31. The Labute approximate surface area is 246 Å². The van der Waals surface area contributed by atoms with E-state index in [4.69, 9.17) is 23.2 Å². The van der Waals surface area contributed by atoms with Gasteiger partial charge in [0, 0.05) is 55.8 Å². The Morgan fingerprint density at radius 1 is 1.05 bits per heavy atom. The lowest BCUT2D eigenvalue weighted by Crippen LogP contribution is -2.56. The number of hydrogen-bond acceptors (Lipinski definition) is 4. The van der Waals surface area contributed by atoms with Gasteiger partial charge in [0.1, 0.15) is 6.29 Å². The Kier molecular flexibility index (Phi) is 8.34. The number of aromatic nitrogens is 1. The summed E-state index contributed by atoms with van der Waals surface area (Å²) >= 11 is 16.7. The van der Waals surface area contributed by atoms with Crippen LogP contribution in [0, 0.1) is 6.92 Å². The van der Waals surface area contributed by atoms with Crippen molar-refractivity contribution in [1.29, 1.82) is 0 Å². The number of aryl methyl sites for hydroxylation is 1. The van der Waals surface area contributed by atoms with Crippen molar-refractivity contribution in [2.75, 3.05) is 0 Å². The highest BCUT2D eigenvalue weighted by molar-refractivity contribution is 9.10. The maximum atomic E-state index is 14.1. The smallest absolute Gasteiger partial charge is 0.181 e. The van der Waals surface area contributed by atoms with Crippen molar-refractivity contribution in [2.45, 2.75) is 43.2 Å². The summed E-state index contributed by atoms with van der Waals surface area (Å²) in [6, 6.07) is 26.2. The highest BCUT2D eigenvalue weighted by atomic mass is 79.9. The van der Waals surface area contributed by atoms with Gasteiger partial charge < -0.3 is 4.79 Å². The van der Waals surface area contributed by atoms with Crippen LogP contribution in [0.25, 0.3) is 0 Å². The fourth-order valence-electron chi connectivity index (χ4n) is 6.03. The van der Waals surface area contributed by atoms with Crippen LogP contribution in [0.2, 0.25) is 10.0 Å². The van der Waals surface area contributed by atoms with Gasteiger partial charge in [-0.1, -0.05) is 87.7 Å². The number of piperidine rings is 1. The number of carbonyl (C=O) groups excluding carboxylic acids is 2. The fraction of sp³-hybridized carbons (Fsp3) is 0.219. The normalized spacial score (nSPS) is 22.8. The molecule has 0 radical (unpaired) electrons. The Hall–Kier alpha value is -2.83.